The number of halogens is 2. The van der Waals surface area contributed by atoms with Crippen LogP contribution in [0.5, 0.6) is 0 Å². The fourth-order valence-corrected chi connectivity index (χ4v) is 6.49. The second-order valence-corrected chi connectivity index (χ2v) is 12.0. The van der Waals surface area contributed by atoms with Gasteiger partial charge in [0, 0.05) is 28.9 Å². The molecule has 0 radical (unpaired) electrons. The molecule has 0 saturated carbocycles. The predicted octanol–water partition coefficient (Wildman–Crippen LogP) is 4.85. The number of aromatic nitrogens is 1. The van der Waals surface area contributed by atoms with Gasteiger partial charge in [0.15, 0.2) is 0 Å². The second kappa shape index (κ2) is 8.94. The molecule has 1 spiro atoms. The van der Waals surface area contributed by atoms with E-state index in [1.54, 1.807) is 19.2 Å². The Labute approximate surface area is 231 Å². The molecule has 2 N–H and O–H groups in total. The van der Waals surface area contributed by atoms with E-state index in [1.807, 2.05) is 38.1 Å². The van der Waals surface area contributed by atoms with Crippen LogP contribution in [0.4, 0.5) is 20.3 Å². The quantitative estimate of drug-likeness (QED) is 0.491. The van der Waals surface area contributed by atoms with Crippen molar-refractivity contribution < 1.29 is 23.2 Å². The fourth-order valence-electron chi connectivity index (χ4n) is 6.49. The van der Waals surface area contributed by atoms with Crippen LogP contribution in [0.1, 0.15) is 55.9 Å². The maximum atomic E-state index is 14.2. The number of piperidine rings is 1. The third-order valence-corrected chi connectivity index (χ3v) is 8.91. The Morgan fingerprint density at radius 3 is 2.48 bits per heavy atom. The van der Waals surface area contributed by atoms with Crippen LogP contribution in [-0.4, -0.2) is 34.2 Å². The number of hydrogen-bond acceptors (Lipinski definition) is 4. The van der Waals surface area contributed by atoms with E-state index in [1.165, 1.54) is 17.0 Å². The van der Waals surface area contributed by atoms with Crippen molar-refractivity contribution in [3.8, 4) is 0 Å². The molecular formula is C31H30F2N4O3. The third-order valence-electron chi connectivity index (χ3n) is 8.91. The molecule has 3 aliphatic rings. The molecule has 1 aromatic heterocycles. The van der Waals surface area contributed by atoms with Crippen LogP contribution in [0.15, 0.2) is 54.7 Å². The minimum Gasteiger partial charge on any atom is -0.325 e. The normalized spacial score (nSPS) is 24.6. The number of carbonyl (C=O) groups excluding carboxylic acids is 3. The highest BCUT2D eigenvalue weighted by Crippen LogP contribution is 2.47. The number of rotatable bonds is 4. The zero-order valence-electron chi connectivity index (χ0n) is 22.6. The first-order chi connectivity index (χ1) is 18.9. The standard InChI is InChI=1S/C31H30F2N4O3/c1-29(2)8-9-30(3,20-12-21(32)14-22(33)13-20)37(28(29)40)17-25(38)35-23-7-6-18-15-31(16-19(18)11-23)24-5-4-10-34-26(24)36-27(31)39/h4-7,10-14H,8-9,15-17H2,1-3H3,(H,35,38)(H,34,36,39)/t30-,31+/m0/s1. The Morgan fingerprint density at radius 2 is 1.73 bits per heavy atom. The van der Waals surface area contributed by atoms with Crippen LogP contribution in [0, 0.1) is 17.0 Å². The van der Waals surface area contributed by atoms with Gasteiger partial charge in [0.05, 0.1) is 11.0 Å². The Bertz CT molecular complexity index is 1570. The molecule has 1 saturated heterocycles. The van der Waals surface area contributed by atoms with E-state index >= 15 is 0 Å². The average Bonchev–Trinajstić information content (AvgIpc) is 3.41. The fraction of sp³-hybridized carbons (Fsp3) is 0.355. The van der Waals surface area contributed by atoms with Gasteiger partial charge in [0.1, 0.15) is 24.0 Å². The zero-order chi connectivity index (χ0) is 28.4. The van der Waals surface area contributed by atoms with E-state index in [4.69, 9.17) is 0 Å². The van der Waals surface area contributed by atoms with Crippen LogP contribution < -0.4 is 10.6 Å². The van der Waals surface area contributed by atoms with Gasteiger partial charge >= 0.3 is 0 Å². The molecule has 3 heterocycles. The smallest absolute Gasteiger partial charge is 0.244 e. The molecule has 9 heteroatoms. The van der Waals surface area contributed by atoms with E-state index in [0.29, 0.717) is 42.8 Å². The first-order valence-electron chi connectivity index (χ1n) is 13.4. The lowest BCUT2D eigenvalue weighted by molar-refractivity contribution is -0.156. The van der Waals surface area contributed by atoms with Crippen molar-refractivity contribution >= 4 is 29.2 Å². The average molecular weight is 545 g/mol. The third kappa shape index (κ3) is 4.06. The Morgan fingerprint density at radius 1 is 1.00 bits per heavy atom. The molecule has 1 aliphatic carbocycles. The summed E-state index contributed by atoms with van der Waals surface area (Å²) in [5, 5.41) is 5.79. The number of nitrogens with zero attached hydrogens (tertiary/aromatic N) is 2. The van der Waals surface area contributed by atoms with Crippen molar-refractivity contribution in [3.05, 3.63) is 88.6 Å². The van der Waals surface area contributed by atoms with E-state index in [0.717, 1.165) is 22.8 Å². The summed E-state index contributed by atoms with van der Waals surface area (Å²) < 4.78 is 28.3. The number of pyridine rings is 1. The number of benzene rings is 2. The highest BCUT2D eigenvalue weighted by molar-refractivity contribution is 6.06. The summed E-state index contributed by atoms with van der Waals surface area (Å²) in [6.07, 6.45) is 3.63. The van der Waals surface area contributed by atoms with Crippen molar-refractivity contribution in [3.63, 3.8) is 0 Å². The van der Waals surface area contributed by atoms with Crippen LogP contribution in [-0.2, 0) is 38.2 Å². The van der Waals surface area contributed by atoms with E-state index < -0.39 is 33.9 Å². The molecular weight excluding hydrogens is 514 g/mol. The first-order valence-corrected chi connectivity index (χ1v) is 13.4. The van der Waals surface area contributed by atoms with Crippen LogP contribution in [0.25, 0.3) is 0 Å². The summed E-state index contributed by atoms with van der Waals surface area (Å²) in [5.41, 5.74) is 1.22. The van der Waals surface area contributed by atoms with Crippen LogP contribution in [0.3, 0.4) is 0 Å². The molecule has 206 valence electrons. The summed E-state index contributed by atoms with van der Waals surface area (Å²) in [6.45, 7) is 5.10. The molecule has 0 bridgehead atoms. The first kappa shape index (κ1) is 26.1. The molecule has 2 aliphatic heterocycles. The molecule has 6 rings (SSSR count). The number of anilines is 2. The molecule has 2 aromatic carbocycles. The largest absolute Gasteiger partial charge is 0.325 e. The van der Waals surface area contributed by atoms with Gasteiger partial charge in [0.2, 0.25) is 17.7 Å². The lowest BCUT2D eigenvalue weighted by atomic mass is 9.72. The van der Waals surface area contributed by atoms with Crippen LogP contribution >= 0.6 is 0 Å². The maximum Gasteiger partial charge on any atom is 0.244 e. The van der Waals surface area contributed by atoms with Crippen molar-refractivity contribution in [2.24, 2.45) is 5.41 Å². The highest BCUT2D eigenvalue weighted by atomic mass is 19.1. The van der Waals surface area contributed by atoms with Crippen molar-refractivity contribution in [2.75, 3.05) is 17.2 Å². The number of likely N-dealkylation sites (tertiary alicyclic amines) is 1. The Balaban J connectivity index is 1.24. The van der Waals surface area contributed by atoms with Gasteiger partial charge < -0.3 is 15.5 Å². The Hall–Kier alpha value is -4.14. The van der Waals surface area contributed by atoms with E-state index in [9.17, 15) is 23.2 Å². The molecule has 7 nitrogen and oxygen atoms in total. The lowest BCUT2D eigenvalue weighted by Gasteiger charge is -2.50. The number of carbonyl (C=O) groups is 3. The minimum atomic E-state index is -1.06. The van der Waals surface area contributed by atoms with E-state index in [2.05, 4.69) is 15.6 Å². The Kier molecular flexibility index (Phi) is 5.83. The number of amides is 3. The van der Waals surface area contributed by atoms with Gasteiger partial charge in [0.25, 0.3) is 0 Å². The molecule has 3 amide bonds. The summed E-state index contributed by atoms with van der Waals surface area (Å²) in [4.78, 5) is 45.6. The van der Waals surface area contributed by atoms with Crippen LogP contribution in [0.2, 0.25) is 0 Å². The number of hydrogen-bond donors (Lipinski definition) is 2. The second-order valence-electron chi connectivity index (χ2n) is 12.0. The van der Waals surface area contributed by atoms with Crippen molar-refractivity contribution in [1.29, 1.82) is 0 Å². The topological polar surface area (TPSA) is 91.4 Å². The lowest BCUT2D eigenvalue weighted by Crippen LogP contribution is -2.58. The molecule has 1 fully saturated rings. The van der Waals surface area contributed by atoms with Gasteiger partial charge in [-0.05, 0) is 79.6 Å². The molecule has 0 unspecified atom stereocenters. The summed E-state index contributed by atoms with van der Waals surface area (Å²) in [5.74, 6) is -1.63. The molecule has 3 aromatic rings. The number of nitrogens with one attached hydrogen (secondary N) is 2. The molecule has 2 atom stereocenters. The van der Waals surface area contributed by atoms with Crippen molar-refractivity contribution in [1.82, 2.24) is 9.88 Å². The summed E-state index contributed by atoms with van der Waals surface area (Å²) in [7, 11) is 0. The molecule has 40 heavy (non-hydrogen) atoms. The zero-order valence-corrected chi connectivity index (χ0v) is 22.6. The van der Waals surface area contributed by atoms with E-state index in [-0.39, 0.29) is 18.4 Å². The monoisotopic (exact) mass is 544 g/mol. The van der Waals surface area contributed by atoms with Gasteiger partial charge in [-0.3, -0.25) is 14.4 Å². The van der Waals surface area contributed by atoms with Gasteiger partial charge in [-0.15, -0.1) is 0 Å². The van der Waals surface area contributed by atoms with Gasteiger partial charge in [-0.25, -0.2) is 13.8 Å². The predicted molar refractivity (Wildman–Crippen MR) is 145 cm³/mol. The van der Waals surface area contributed by atoms with Gasteiger partial charge in [-0.1, -0.05) is 26.0 Å². The summed E-state index contributed by atoms with van der Waals surface area (Å²) >= 11 is 0. The SMILES string of the molecule is CC1(C)CC[C@@](C)(c2cc(F)cc(F)c2)N(CC(=O)Nc2ccc3c(c2)C[C@@]2(C3)C(=O)Nc3ncccc32)C1=O. The highest BCUT2D eigenvalue weighted by Gasteiger charge is 2.51. The number of fused-ring (bicyclic) bond motifs is 3. The maximum absolute atomic E-state index is 14.2. The van der Waals surface area contributed by atoms with Crippen molar-refractivity contribution in [2.45, 2.75) is 57.4 Å². The minimum absolute atomic E-state index is 0.0812. The van der Waals surface area contributed by atoms with Gasteiger partial charge in [-0.2, -0.15) is 0 Å². The summed E-state index contributed by atoms with van der Waals surface area (Å²) in [6, 6.07) is 12.6.